The molecule has 0 aliphatic heterocycles. The van der Waals surface area contributed by atoms with Gasteiger partial charge in [-0.15, -0.1) is 0 Å². The van der Waals surface area contributed by atoms with E-state index < -0.39 is 5.56 Å². The zero-order valence-corrected chi connectivity index (χ0v) is 12.3. The number of nitrogens with two attached hydrogens (primary N) is 1. The summed E-state index contributed by atoms with van der Waals surface area (Å²) in [6.45, 7) is 0. The predicted molar refractivity (Wildman–Crippen MR) is 83.7 cm³/mol. The molecule has 0 spiro atoms. The van der Waals surface area contributed by atoms with E-state index in [0.717, 1.165) is 3.57 Å². The van der Waals surface area contributed by atoms with Crippen molar-refractivity contribution in [1.29, 1.82) is 0 Å². The largest absolute Gasteiger partial charge is 0.369 e. The van der Waals surface area contributed by atoms with Crippen LogP contribution in [0.4, 0.5) is 5.95 Å². The maximum Gasteiger partial charge on any atom is 0.276 e. The van der Waals surface area contributed by atoms with Crippen LogP contribution in [0, 0.1) is 3.57 Å². The Morgan fingerprint density at radius 3 is 2.65 bits per heavy atom. The Balaban J connectivity index is 2.17. The molecule has 7 heteroatoms. The average molecular weight is 380 g/mol. The van der Waals surface area contributed by atoms with Gasteiger partial charge < -0.3 is 10.7 Å². The first kappa shape index (κ1) is 12.9. The number of nitrogens with zero attached hydrogens (tertiary/aromatic N) is 1. The van der Waals surface area contributed by atoms with Crippen LogP contribution >= 0.6 is 22.6 Å². The summed E-state index contributed by atoms with van der Waals surface area (Å²) in [4.78, 5) is 33.3. The molecule has 0 amide bonds. The van der Waals surface area contributed by atoms with Crippen molar-refractivity contribution in [2.24, 2.45) is 0 Å². The Morgan fingerprint density at radius 2 is 1.95 bits per heavy atom. The number of benzene rings is 1. The van der Waals surface area contributed by atoms with Crippen LogP contribution < -0.4 is 11.3 Å². The van der Waals surface area contributed by atoms with Crippen molar-refractivity contribution in [2.45, 2.75) is 0 Å². The topological polar surface area (TPSA) is 105 Å². The van der Waals surface area contributed by atoms with Crippen molar-refractivity contribution in [3.63, 3.8) is 0 Å². The molecule has 2 heterocycles. The van der Waals surface area contributed by atoms with Gasteiger partial charge in [0, 0.05) is 15.3 Å². The fourth-order valence-electron chi connectivity index (χ4n) is 1.96. The Kier molecular flexibility index (Phi) is 3.05. The van der Waals surface area contributed by atoms with Crippen molar-refractivity contribution < 1.29 is 4.79 Å². The lowest BCUT2D eigenvalue weighted by Crippen LogP contribution is -2.11. The Labute approximate surface area is 126 Å². The van der Waals surface area contributed by atoms with Gasteiger partial charge in [-0.2, -0.15) is 0 Å². The monoisotopic (exact) mass is 380 g/mol. The molecule has 1 aromatic carbocycles. The first-order chi connectivity index (χ1) is 9.56. The maximum absolute atomic E-state index is 12.4. The Bertz CT molecular complexity index is 864. The number of fused-ring (bicyclic) bond motifs is 1. The summed E-state index contributed by atoms with van der Waals surface area (Å²) in [5.74, 6) is -0.219. The maximum atomic E-state index is 12.4. The van der Waals surface area contributed by atoms with Gasteiger partial charge >= 0.3 is 0 Å². The molecule has 2 aromatic heterocycles. The van der Waals surface area contributed by atoms with Gasteiger partial charge in [-0.25, -0.2) is 4.98 Å². The minimum Gasteiger partial charge on any atom is -0.369 e. The number of hydrogen-bond donors (Lipinski definition) is 3. The number of nitrogen functional groups attached to an aromatic ring is 1. The van der Waals surface area contributed by atoms with Gasteiger partial charge in [0.25, 0.3) is 5.56 Å². The van der Waals surface area contributed by atoms with Crippen molar-refractivity contribution in [2.75, 3.05) is 5.73 Å². The number of halogens is 1. The first-order valence-corrected chi connectivity index (χ1v) is 6.81. The lowest BCUT2D eigenvalue weighted by molar-refractivity contribution is 0.104. The average Bonchev–Trinajstić information content (AvgIpc) is 2.82. The minimum absolute atomic E-state index is 0.0150. The van der Waals surface area contributed by atoms with Crippen LogP contribution in [-0.4, -0.2) is 20.7 Å². The normalized spacial score (nSPS) is 10.8. The van der Waals surface area contributed by atoms with Gasteiger partial charge in [-0.1, -0.05) is 0 Å². The molecule has 0 radical (unpaired) electrons. The molecule has 0 saturated heterocycles. The lowest BCUT2D eigenvalue weighted by atomic mass is 10.1. The number of nitrogens with one attached hydrogen (secondary N) is 2. The quantitative estimate of drug-likeness (QED) is 0.465. The third-order valence-corrected chi connectivity index (χ3v) is 3.62. The van der Waals surface area contributed by atoms with Crippen LogP contribution in [0.15, 0.2) is 35.3 Å². The predicted octanol–water partition coefficient (Wildman–Crippen LogP) is 1.67. The van der Waals surface area contributed by atoms with E-state index in [1.165, 1.54) is 6.20 Å². The molecule has 4 N–H and O–H groups in total. The van der Waals surface area contributed by atoms with E-state index in [9.17, 15) is 9.59 Å². The fourth-order valence-corrected chi connectivity index (χ4v) is 2.32. The molecular weight excluding hydrogens is 371 g/mol. The van der Waals surface area contributed by atoms with Crippen LogP contribution in [0.5, 0.6) is 0 Å². The van der Waals surface area contributed by atoms with Crippen molar-refractivity contribution in [3.8, 4) is 0 Å². The molecule has 6 nitrogen and oxygen atoms in total. The van der Waals surface area contributed by atoms with E-state index in [0.29, 0.717) is 11.1 Å². The highest BCUT2D eigenvalue weighted by Gasteiger charge is 2.17. The molecule has 0 atom stereocenters. The summed E-state index contributed by atoms with van der Waals surface area (Å²) in [5, 5.41) is 0. The SMILES string of the molecule is Nc1nc2c(C(=O)c3ccc(I)cc3)c[nH]c2c(=O)[nH]1. The van der Waals surface area contributed by atoms with E-state index in [4.69, 9.17) is 5.73 Å². The third kappa shape index (κ3) is 2.09. The number of aromatic amines is 2. The standard InChI is InChI=1S/C13H9IN4O2/c14-7-3-1-6(2-4-7)11(19)8-5-16-10-9(8)17-13(15)18-12(10)20/h1-5,16H,(H3,15,17,18,20). The molecule has 100 valence electrons. The highest BCUT2D eigenvalue weighted by molar-refractivity contribution is 14.1. The van der Waals surface area contributed by atoms with Gasteiger partial charge in [0.2, 0.25) is 5.95 Å². The third-order valence-electron chi connectivity index (χ3n) is 2.90. The van der Waals surface area contributed by atoms with Crippen molar-refractivity contribution >= 4 is 45.4 Å². The molecule has 3 aromatic rings. The van der Waals surface area contributed by atoms with E-state index in [1.807, 2.05) is 12.1 Å². The number of hydrogen-bond acceptors (Lipinski definition) is 4. The molecule has 0 saturated carbocycles. The van der Waals surface area contributed by atoms with Gasteiger partial charge in [0.1, 0.15) is 11.0 Å². The van der Waals surface area contributed by atoms with Crippen LogP contribution in [0.2, 0.25) is 0 Å². The molecule has 3 rings (SSSR count). The highest BCUT2D eigenvalue weighted by atomic mass is 127. The van der Waals surface area contributed by atoms with Crippen LogP contribution in [-0.2, 0) is 0 Å². The van der Waals surface area contributed by atoms with E-state index in [2.05, 4.69) is 37.5 Å². The number of aromatic nitrogens is 3. The molecule has 0 aliphatic rings. The highest BCUT2D eigenvalue weighted by Crippen LogP contribution is 2.18. The smallest absolute Gasteiger partial charge is 0.276 e. The van der Waals surface area contributed by atoms with Gasteiger partial charge in [-0.05, 0) is 46.9 Å². The lowest BCUT2D eigenvalue weighted by Gasteiger charge is -2.00. The van der Waals surface area contributed by atoms with Crippen LogP contribution in [0.1, 0.15) is 15.9 Å². The van der Waals surface area contributed by atoms with Crippen molar-refractivity contribution in [1.82, 2.24) is 15.0 Å². The van der Waals surface area contributed by atoms with E-state index in [-0.39, 0.29) is 22.8 Å². The number of ketones is 1. The summed E-state index contributed by atoms with van der Waals surface area (Å²) in [6, 6.07) is 7.16. The summed E-state index contributed by atoms with van der Waals surface area (Å²) >= 11 is 2.16. The zero-order valence-electron chi connectivity index (χ0n) is 10.1. The first-order valence-electron chi connectivity index (χ1n) is 5.73. The number of carbonyl (C=O) groups is 1. The van der Waals surface area contributed by atoms with Crippen LogP contribution in [0.3, 0.4) is 0 Å². The second-order valence-corrected chi connectivity index (χ2v) is 5.46. The Morgan fingerprint density at radius 1 is 1.25 bits per heavy atom. The molecular formula is C13H9IN4O2. The van der Waals surface area contributed by atoms with Gasteiger partial charge in [0.15, 0.2) is 5.78 Å². The molecule has 0 unspecified atom stereocenters. The number of rotatable bonds is 2. The second-order valence-electron chi connectivity index (χ2n) is 4.21. The summed E-state index contributed by atoms with van der Waals surface area (Å²) in [5.41, 5.74) is 6.52. The number of anilines is 1. The number of H-pyrrole nitrogens is 2. The molecule has 0 aliphatic carbocycles. The van der Waals surface area contributed by atoms with Gasteiger partial charge in [0.05, 0.1) is 5.56 Å². The summed E-state index contributed by atoms with van der Waals surface area (Å²) in [7, 11) is 0. The second kappa shape index (κ2) is 4.75. The van der Waals surface area contributed by atoms with Crippen LogP contribution in [0.25, 0.3) is 11.0 Å². The molecule has 0 bridgehead atoms. The van der Waals surface area contributed by atoms with Gasteiger partial charge in [-0.3, -0.25) is 14.6 Å². The zero-order chi connectivity index (χ0) is 14.3. The minimum atomic E-state index is -0.394. The summed E-state index contributed by atoms with van der Waals surface area (Å²) < 4.78 is 1.04. The Hall–Kier alpha value is -2.16. The fraction of sp³-hybridized carbons (Fsp3) is 0. The van der Waals surface area contributed by atoms with E-state index >= 15 is 0 Å². The summed E-state index contributed by atoms with van der Waals surface area (Å²) in [6.07, 6.45) is 1.48. The van der Waals surface area contributed by atoms with Crippen molar-refractivity contribution in [3.05, 3.63) is 55.5 Å². The van der Waals surface area contributed by atoms with E-state index in [1.54, 1.807) is 12.1 Å². The molecule has 0 fully saturated rings. The molecule has 20 heavy (non-hydrogen) atoms. The number of carbonyl (C=O) groups excluding carboxylic acids is 1.